The molecule has 0 aliphatic carbocycles. The first-order valence-corrected chi connectivity index (χ1v) is 11.4. The zero-order valence-electron chi connectivity index (χ0n) is 18.5. The number of hydrogen-bond donors (Lipinski definition) is 2. The van der Waals surface area contributed by atoms with E-state index in [1.54, 1.807) is 7.11 Å². The van der Waals surface area contributed by atoms with Gasteiger partial charge in [-0.1, -0.05) is 18.6 Å². The summed E-state index contributed by atoms with van der Waals surface area (Å²) in [5.74, 6) is 2.09. The van der Waals surface area contributed by atoms with Crippen molar-refractivity contribution >= 4 is 17.6 Å². The predicted molar refractivity (Wildman–Crippen MR) is 122 cm³/mol. The number of ether oxygens (including phenoxy) is 1. The first-order valence-electron chi connectivity index (χ1n) is 11.4. The molecule has 0 spiro atoms. The van der Waals surface area contributed by atoms with E-state index in [-0.39, 0.29) is 0 Å². The number of hydrogen-bond acceptors (Lipinski definition) is 4. The Hall–Kier alpha value is -2.44. The van der Waals surface area contributed by atoms with Crippen molar-refractivity contribution in [3.8, 4) is 5.75 Å². The molecule has 2 saturated heterocycles. The van der Waals surface area contributed by atoms with Crippen LogP contribution in [0.15, 0.2) is 29.3 Å². The third-order valence-electron chi connectivity index (χ3n) is 5.83. The fourth-order valence-electron chi connectivity index (χ4n) is 4.23. The summed E-state index contributed by atoms with van der Waals surface area (Å²) < 4.78 is 5.52. The second-order valence-corrected chi connectivity index (χ2v) is 8.05. The lowest BCUT2D eigenvalue weighted by Gasteiger charge is -2.22. The third-order valence-corrected chi connectivity index (χ3v) is 5.83. The Balaban J connectivity index is 1.48. The van der Waals surface area contributed by atoms with Gasteiger partial charge in [-0.15, -0.1) is 0 Å². The molecule has 2 fully saturated rings. The van der Waals surface area contributed by atoms with Crippen LogP contribution in [0.5, 0.6) is 5.75 Å². The molecule has 1 aromatic carbocycles. The van der Waals surface area contributed by atoms with Crippen molar-refractivity contribution < 1.29 is 9.53 Å². The van der Waals surface area contributed by atoms with Gasteiger partial charge >= 0.3 is 0 Å². The number of methoxy groups -OCH3 is 1. The number of benzene rings is 1. The van der Waals surface area contributed by atoms with Crippen LogP contribution in [0.25, 0.3) is 0 Å². The quantitative estimate of drug-likeness (QED) is 0.388. The maximum absolute atomic E-state index is 12.1. The standard InChI is InChI=1S/C23H37N5O2/c1-3-24-23(25-14-9-16-27-15-8-4-5-12-22(27)29)26-19-13-17-28(18-19)20-10-6-7-11-21(20)30-2/h6-7,10-11,19H,3-5,8-9,12-18H2,1-2H3,(H2,24,25,26). The Bertz CT molecular complexity index is 709. The van der Waals surface area contributed by atoms with Crippen LogP contribution in [0.2, 0.25) is 0 Å². The van der Waals surface area contributed by atoms with Gasteiger partial charge in [0.2, 0.25) is 5.91 Å². The van der Waals surface area contributed by atoms with Crippen molar-refractivity contribution in [2.45, 2.75) is 51.5 Å². The minimum Gasteiger partial charge on any atom is -0.495 e. The molecule has 1 amide bonds. The zero-order chi connectivity index (χ0) is 21.2. The lowest BCUT2D eigenvalue weighted by atomic mass is 10.2. The molecular formula is C23H37N5O2. The van der Waals surface area contributed by atoms with Crippen LogP contribution in [0.3, 0.4) is 0 Å². The van der Waals surface area contributed by atoms with Gasteiger partial charge in [0.15, 0.2) is 5.96 Å². The van der Waals surface area contributed by atoms with Gasteiger partial charge in [0.1, 0.15) is 5.75 Å². The normalized spacial score (nSPS) is 20.3. The second-order valence-electron chi connectivity index (χ2n) is 8.05. The lowest BCUT2D eigenvalue weighted by molar-refractivity contribution is -0.130. The highest BCUT2D eigenvalue weighted by molar-refractivity contribution is 5.80. The van der Waals surface area contributed by atoms with Crippen molar-refractivity contribution in [1.82, 2.24) is 15.5 Å². The molecule has 0 saturated carbocycles. The smallest absolute Gasteiger partial charge is 0.222 e. The molecule has 1 atom stereocenters. The Morgan fingerprint density at radius 3 is 2.93 bits per heavy atom. The number of nitrogens with zero attached hydrogens (tertiary/aromatic N) is 3. The number of rotatable bonds is 8. The van der Waals surface area contributed by atoms with Crippen molar-refractivity contribution in [2.75, 3.05) is 51.3 Å². The van der Waals surface area contributed by atoms with Gasteiger partial charge in [-0.2, -0.15) is 0 Å². The molecule has 30 heavy (non-hydrogen) atoms. The summed E-state index contributed by atoms with van der Waals surface area (Å²) in [7, 11) is 1.72. The van der Waals surface area contributed by atoms with Gasteiger partial charge in [-0.25, -0.2) is 0 Å². The number of aliphatic imine (C=N–C) groups is 1. The topological polar surface area (TPSA) is 69.2 Å². The number of carbonyl (C=O) groups is 1. The van der Waals surface area contributed by atoms with Gasteiger partial charge in [-0.3, -0.25) is 9.79 Å². The fourth-order valence-corrected chi connectivity index (χ4v) is 4.23. The van der Waals surface area contributed by atoms with Crippen molar-refractivity contribution in [2.24, 2.45) is 4.99 Å². The van der Waals surface area contributed by atoms with Crippen LogP contribution in [0.1, 0.15) is 45.4 Å². The average Bonchev–Trinajstić information content (AvgIpc) is 3.13. The first kappa shape index (κ1) is 22.2. The van der Waals surface area contributed by atoms with Crippen LogP contribution in [-0.4, -0.2) is 69.2 Å². The number of carbonyl (C=O) groups excluding carboxylic acids is 1. The van der Waals surface area contributed by atoms with Gasteiger partial charge in [-0.05, 0) is 44.7 Å². The van der Waals surface area contributed by atoms with Gasteiger partial charge in [0.05, 0.1) is 12.8 Å². The number of anilines is 1. The number of guanidine groups is 1. The monoisotopic (exact) mass is 415 g/mol. The van der Waals surface area contributed by atoms with Gasteiger partial charge < -0.3 is 25.2 Å². The van der Waals surface area contributed by atoms with E-state index in [1.807, 2.05) is 17.0 Å². The molecule has 166 valence electrons. The largest absolute Gasteiger partial charge is 0.495 e. The van der Waals surface area contributed by atoms with Crippen molar-refractivity contribution in [1.29, 1.82) is 0 Å². The average molecular weight is 416 g/mol. The van der Waals surface area contributed by atoms with E-state index in [9.17, 15) is 4.79 Å². The molecule has 1 aromatic rings. The van der Waals surface area contributed by atoms with Crippen LogP contribution in [0, 0.1) is 0 Å². The Morgan fingerprint density at radius 2 is 2.10 bits per heavy atom. The molecule has 0 bridgehead atoms. The molecule has 0 radical (unpaired) electrons. The molecule has 0 aromatic heterocycles. The highest BCUT2D eigenvalue weighted by Crippen LogP contribution is 2.30. The van der Waals surface area contributed by atoms with Crippen LogP contribution < -0.4 is 20.3 Å². The molecular weight excluding hydrogens is 378 g/mol. The van der Waals surface area contributed by atoms with E-state index in [0.29, 0.717) is 18.4 Å². The molecule has 2 aliphatic heterocycles. The maximum Gasteiger partial charge on any atom is 0.222 e. The molecule has 2 N–H and O–H groups in total. The minimum atomic E-state index is 0.309. The van der Waals surface area contributed by atoms with Gasteiger partial charge in [0, 0.05) is 51.7 Å². The molecule has 2 heterocycles. The van der Waals surface area contributed by atoms with Crippen molar-refractivity contribution in [3.63, 3.8) is 0 Å². The Labute approximate surface area is 180 Å². The SMILES string of the molecule is CCNC(=NCCCN1CCCCCC1=O)NC1CCN(c2ccccc2OC)C1. The van der Waals surface area contributed by atoms with E-state index in [4.69, 9.17) is 9.73 Å². The highest BCUT2D eigenvalue weighted by Gasteiger charge is 2.25. The summed E-state index contributed by atoms with van der Waals surface area (Å²) in [6.07, 6.45) is 6.00. The molecule has 1 unspecified atom stereocenters. The first-order chi connectivity index (χ1) is 14.7. The summed E-state index contributed by atoms with van der Waals surface area (Å²) in [6, 6.07) is 8.53. The number of para-hydroxylation sites is 2. The van der Waals surface area contributed by atoms with E-state index in [0.717, 1.165) is 82.3 Å². The minimum absolute atomic E-state index is 0.309. The Morgan fingerprint density at radius 1 is 1.23 bits per heavy atom. The lowest BCUT2D eigenvalue weighted by Crippen LogP contribution is -2.44. The summed E-state index contributed by atoms with van der Waals surface area (Å²) in [6.45, 7) is 7.28. The van der Waals surface area contributed by atoms with Crippen molar-refractivity contribution in [3.05, 3.63) is 24.3 Å². The maximum atomic E-state index is 12.1. The second kappa shape index (κ2) is 11.7. The summed E-state index contributed by atoms with van der Waals surface area (Å²) in [5, 5.41) is 6.95. The Kier molecular flexibility index (Phi) is 8.66. The summed E-state index contributed by atoms with van der Waals surface area (Å²) in [5.41, 5.74) is 1.15. The van der Waals surface area contributed by atoms with Crippen LogP contribution >= 0.6 is 0 Å². The summed E-state index contributed by atoms with van der Waals surface area (Å²) in [4.78, 5) is 21.3. The molecule has 7 heteroatoms. The number of nitrogens with one attached hydrogen (secondary N) is 2. The van der Waals surface area contributed by atoms with Crippen LogP contribution in [-0.2, 0) is 4.79 Å². The number of likely N-dealkylation sites (tertiary alicyclic amines) is 1. The predicted octanol–water partition coefficient (Wildman–Crippen LogP) is 2.62. The van der Waals surface area contributed by atoms with Gasteiger partial charge in [0.25, 0.3) is 0 Å². The summed E-state index contributed by atoms with van der Waals surface area (Å²) >= 11 is 0. The molecule has 3 rings (SSSR count). The highest BCUT2D eigenvalue weighted by atomic mass is 16.5. The fraction of sp³-hybridized carbons (Fsp3) is 0.652. The number of amides is 1. The van der Waals surface area contributed by atoms with E-state index >= 15 is 0 Å². The molecule has 2 aliphatic rings. The van der Waals surface area contributed by atoms with Crippen LogP contribution in [0.4, 0.5) is 5.69 Å². The van der Waals surface area contributed by atoms with E-state index in [1.165, 1.54) is 6.42 Å². The zero-order valence-corrected chi connectivity index (χ0v) is 18.5. The molecule has 7 nitrogen and oxygen atoms in total. The third kappa shape index (κ3) is 6.28. The van der Waals surface area contributed by atoms with E-state index in [2.05, 4.69) is 34.6 Å². The van der Waals surface area contributed by atoms with E-state index < -0.39 is 0 Å².